The fourth-order valence-corrected chi connectivity index (χ4v) is 1.43. The predicted octanol–water partition coefficient (Wildman–Crippen LogP) is 2.55. The van der Waals surface area contributed by atoms with Gasteiger partial charge in [-0.15, -0.1) is 0 Å². The molecule has 0 atom stereocenters. The maximum Gasteiger partial charge on any atom is 0.125 e. The van der Waals surface area contributed by atoms with E-state index >= 15 is 0 Å². The molecule has 1 rings (SSSR count). The summed E-state index contributed by atoms with van der Waals surface area (Å²) in [5.41, 5.74) is 1.82. The van der Waals surface area contributed by atoms with Crippen LogP contribution in [0.3, 0.4) is 0 Å². The van der Waals surface area contributed by atoms with E-state index in [1.165, 1.54) is 6.07 Å². The summed E-state index contributed by atoms with van der Waals surface area (Å²) in [5, 5.41) is 6.12. The molecule has 0 saturated carbocycles. The smallest absolute Gasteiger partial charge is 0.125 e. The average molecular weight is 241 g/mol. The molecule has 1 aromatic rings. The number of likely N-dealkylation sites (N-methyl/N-ethyl adjacent to an activating group) is 2. The van der Waals surface area contributed by atoms with E-state index in [9.17, 15) is 4.39 Å². The van der Waals surface area contributed by atoms with E-state index in [2.05, 4.69) is 10.6 Å². The Bertz CT molecular complexity index is 316. The minimum absolute atomic E-state index is 0.208. The van der Waals surface area contributed by atoms with Gasteiger partial charge in [-0.25, -0.2) is 4.39 Å². The third-order valence-corrected chi connectivity index (χ3v) is 2.34. The van der Waals surface area contributed by atoms with Gasteiger partial charge in [0.05, 0.1) is 11.4 Å². The van der Waals surface area contributed by atoms with Crippen LogP contribution in [0, 0.1) is 5.82 Å². The summed E-state index contributed by atoms with van der Waals surface area (Å²) in [5.74, 6) is -0.208. The van der Waals surface area contributed by atoms with E-state index in [1.807, 2.05) is 39.9 Å². The molecule has 17 heavy (non-hydrogen) atoms. The molecule has 4 heteroatoms. The Kier molecular flexibility index (Phi) is 8.15. The molecule has 2 N–H and O–H groups in total. The highest BCUT2D eigenvalue weighted by molar-refractivity contribution is 5.69. The van der Waals surface area contributed by atoms with Crippen LogP contribution in [0.1, 0.15) is 13.8 Å². The number of anilines is 2. The Morgan fingerprint density at radius 1 is 1.24 bits per heavy atom. The van der Waals surface area contributed by atoms with Gasteiger partial charge in [0.25, 0.3) is 0 Å². The number of nitrogens with zero attached hydrogens (tertiary/aromatic N) is 1. The zero-order chi connectivity index (χ0) is 13.3. The first-order valence-corrected chi connectivity index (χ1v) is 6.02. The third kappa shape index (κ3) is 5.04. The lowest BCUT2D eigenvalue weighted by atomic mass is 10.2. The highest BCUT2D eigenvalue weighted by Gasteiger charge is 2.07. The van der Waals surface area contributed by atoms with Crippen LogP contribution in [0.5, 0.6) is 0 Å². The summed E-state index contributed by atoms with van der Waals surface area (Å²) < 4.78 is 13.1. The maximum absolute atomic E-state index is 13.1. The van der Waals surface area contributed by atoms with Crippen molar-refractivity contribution in [3.05, 3.63) is 24.0 Å². The number of hydrogen-bond acceptors (Lipinski definition) is 3. The van der Waals surface area contributed by atoms with Crippen molar-refractivity contribution in [2.45, 2.75) is 13.8 Å². The minimum atomic E-state index is -0.208. The molecule has 0 unspecified atom stereocenters. The predicted molar refractivity (Wildman–Crippen MR) is 74.5 cm³/mol. The van der Waals surface area contributed by atoms with Crippen molar-refractivity contribution in [2.24, 2.45) is 0 Å². The van der Waals surface area contributed by atoms with Gasteiger partial charge in [0.1, 0.15) is 5.82 Å². The second kappa shape index (κ2) is 8.82. The fourth-order valence-electron chi connectivity index (χ4n) is 1.43. The highest BCUT2D eigenvalue weighted by atomic mass is 19.1. The first-order chi connectivity index (χ1) is 8.19. The summed E-state index contributed by atoms with van der Waals surface area (Å²) >= 11 is 0. The monoisotopic (exact) mass is 241 g/mol. The second-order valence-corrected chi connectivity index (χ2v) is 3.44. The van der Waals surface area contributed by atoms with Gasteiger partial charge in [-0.3, -0.25) is 0 Å². The largest absolute Gasteiger partial charge is 0.386 e. The summed E-state index contributed by atoms with van der Waals surface area (Å²) in [7, 11) is 5.69. The van der Waals surface area contributed by atoms with Crippen molar-refractivity contribution in [1.29, 1.82) is 0 Å². The van der Waals surface area contributed by atoms with Crippen LogP contribution in [0.2, 0.25) is 0 Å². The standard InChI is InChI=1S/C11H18FN3.C2H6/c1-13-6-7-15(3)11-8-9(12)4-5-10(11)14-2;1-2/h4-5,8,13-14H,6-7H2,1-3H3;1-2H3. The molecule has 1 aromatic carbocycles. The minimum Gasteiger partial charge on any atom is -0.386 e. The SMILES string of the molecule is CC.CNCCN(C)c1cc(F)ccc1NC. The number of hydrogen-bond donors (Lipinski definition) is 2. The molecule has 0 amide bonds. The quantitative estimate of drug-likeness (QED) is 0.829. The molecule has 0 radical (unpaired) electrons. The molecule has 0 aliphatic heterocycles. The molecular weight excluding hydrogens is 217 g/mol. The number of rotatable bonds is 5. The lowest BCUT2D eigenvalue weighted by Crippen LogP contribution is -2.27. The van der Waals surface area contributed by atoms with Crippen LogP contribution in [-0.4, -0.2) is 34.2 Å². The van der Waals surface area contributed by atoms with Crippen molar-refractivity contribution < 1.29 is 4.39 Å². The van der Waals surface area contributed by atoms with Crippen LogP contribution in [0.4, 0.5) is 15.8 Å². The van der Waals surface area contributed by atoms with Crippen LogP contribution in [0.15, 0.2) is 18.2 Å². The van der Waals surface area contributed by atoms with E-state index in [4.69, 9.17) is 0 Å². The van der Waals surface area contributed by atoms with Gasteiger partial charge in [0.2, 0.25) is 0 Å². The van der Waals surface area contributed by atoms with Gasteiger partial charge in [0, 0.05) is 27.2 Å². The Morgan fingerprint density at radius 2 is 1.88 bits per heavy atom. The van der Waals surface area contributed by atoms with Crippen molar-refractivity contribution in [1.82, 2.24) is 5.32 Å². The van der Waals surface area contributed by atoms with Crippen LogP contribution < -0.4 is 15.5 Å². The molecule has 0 heterocycles. The Hall–Kier alpha value is -1.29. The third-order valence-electron chi connectivity index (χ3n) is 2.34. The van der Waals surface area contributed by atoms with Crippen LogP contribution in [-0.2, 0) is 0 Å². The number of benzene rings is 1. The van der Waals surface area contributed by atoms with E-state index < -0.39 is 0 Å². The first-order valence-electron chi connectivity index (χ1n) is 6.02. The molecule has 0 fully saturated rings. The fraction of sp³-hybridized carbons (Fsp3) is 0.538. The summed E-state index contributed by atoms with van der Waals surface area (Å²) in [6.07, 6.45) is 0. The average Bonchev–Trinajstić information content (AvgIpc) is 2.38. The Labute approximate surface area is 104 Å². The lowest BCUT2D eigenvalue weighted by molar-refractivity contribution is 0.627. The number of halogens is 1. The van der Waals surface area contributed by atoms with Crippen LogP contribution in [0.25, 0.3) is 0 Å². The maximum atomic E-state index is 13.1. The molecule has 3 nitrogen and oxygen atoms in total. The summed E-state index contributed by atoms with van der Waals surface area (Å²) in [6.45, 7) is 5.71. The van der Waals surface area contributed by atoms with E-state index in [0.29, 0.717) is 0 Å². The van der Waals surface area contributed by atoms with E-state index in [0.717, 1.165) is 24.5 Å². The molecule has 98 valence electrons. The summed E-state index contributed by atoms with van der Waals surface area (Å²) in [6, 6.07) is 4.75. The molecule has 0 saturated heterocycles. The lowest BCUT2D eigenvalue weighted by Gasteiger charge is -2.22. The van der Waals surface area contributed by atoms with E-state index in [-0.39, 0.29) is 5.82 Å². The second-order valence-electron chi connectivity index (χ2n) is 3.44. The first kappa shape index (κ1) is 15.7. The van der Waals surface area contributed by atoms with Gasteiger partial charge in [-0.2, -0.15) is 0 Å². The molecule has 0 bridgehead atoms. The van der Waals surface area contributed by atoms with Gasteiger partial charge >= 0.3 is 0 Å². The van der Waals surface area contributed by atoms with Gasteiger partial charge in [-0.05, 0) is 25.2 Å². The van der Waals surface area contributed by atoms with Crippen molar-refractivity contribution in [3.63, 3.8) is 0 Å². The van der Waals surface area contributed by atoms with Gasteiger partial charge in [-0.1, -0.05) is 13.8 Å². The molecular formula is C13H24FN3. The molecule has 0 aromatic heterocycles. The zero-order valence-electron chi connectivity index (χ0n) is 11.5. The number of nitrogens with one attached hydrogen (secondary N) is 2. The van der Waals surface area contributed by atoms with Crippen LogP contribution >= 0.6 is 0 Å². The van der Waals surface area contributed by atoms with Gasteiger partial charge in [0.15, 0.2) is 0 Å². The Balaban J connectivity index is 0.00000121. The van der Waals surface area contributed by atoms with E-state index in [1.54, 1.807) is 12.1 Å². The topological polar surface area (TPSA) is 27.3 Å². The molecule has 0 aliphatic carbocycles. The van der Waals surface area contributed by atoms with Gasteiger partial charge < -0.3 is 15.5 Å². The molecule has 0 spiro atoms. The van der Waals surface area contributed by atoms with Crippen molar-refractivity contribution in [2.75, 3.05) is 44.4 Å². The molecule has 0 aliphatic rings. The normalized spacial score (nSPS) is 9.29. The Morgan fingerprint density at radius 3 is 2.41 bits per heavy atom. The highest BCUT2D eigenvalue weighted by Crippen LogP contribution is 2.25. The van der Waals surface area contributed by atoms with Crippen molar-refractivity contribution >= 4 is 11.4 Å². The van der Waals surface area contributed by atoms with Crippen molar-refractivity contribution in [3.8, 4) is 0 Å². The zero-order valence-corrected chi connectivity index (χ0v) is 11.5. The summed E-state index contributed by atoms with van der Waals surface area (Å²) in [4.78, 5) is 2.02.